The number of hydrogen-bond acceptors (Lipinski definition) is 5. The van der Waals surface area contributed by atoms with Crippen LogP contribution in [-0.4, -0.2) is 17.6 Å². The highest BCUT2D eigenvalue weighted by Gasteiger charge is 2.22. The molecule has 0 fully saturated rings. The van der Waals surface area contributed by atoms with Gasteiger partial charge in [-0.2, -0.15) is 5.26 Å². The maximum Gasteiger partial charge on any atom is 0.257 e. The molecule has 1 amide bonds. The number of ether oxygens (including phenoxy) is 1. The van der Waals surface area contributed by atoms with Crippen LogP contribution in [0.2, 0.25) is 0 Å². The van der Waals surface area contributed by atoms with E-state index in [9.17, 15) is 10.1 Å². The second-order valence-corrected chi connectivity index (χ2v) is 8.32. The Balaban J connectivity index is 1.60. The number of hydrogen-bond donors (Lipinski definition) is 2. The molecule has 1 aromatic carbocycles. The monoisotopic (exact) mass is 399 g/mol. The number of thiophene rings is 1. The number of nitrogens with one attached hydrogen (secondary N) is 2. The minimum absolute atomic E-state index is 0.191. The maximum atomic E-state index is 12.4. The molecule has 0 saturated carbocycles. The Morgan fingerprint density at radius 3 is 2.74 bits per heavy atom. The van der Waals surface area contributed by atoms with Crippen molar-refractivity contribution in [1.82, 2.24) is 5.32 Å². The Kier molecular flexibility index (Phi) is 6.09. The molecule has 0 saturated heterocycles. The van der Waals surface area contributed by atoms with Gasteiger partial charge in [0.1, 0.15) is 16.8 Å². The van der Waals surface area contributed by atoms with Crippen LogP contribution in [-0.2, 0) is 12.8 Å². The Labute approximate surface area is 168 Å². The number of thiocarbonyl (C=S) groups is 1. The molecular weight excluding hydrogens is 378 g/mol. The Morgan fingerprint density at radius 1 is 1.33 bits per heavy atom. The van der Waals surface area contributed by atoms with Crippen molar-refractivity contribution >= 4 is 39.6 Å². The van der Waals surface area contributed by atoms with Crippen molar-refractivity contribution in [2.45, 2.75) is 33.1 Å². The summed E-state index contributed by atoms with van der Waals surface area (Å²) in [6.45, 7) is 4.79. The van der Waals surface area contributed by atoms with Crippen LogP contribution in [0.1, 0.15) is 46.6 Å². The number of carbonyl (C=O) groups excluding carboxylic acids is 1. The standard InChI is InChI=1S/C20H21N3O2S2/c1-12(2)11-25-14-8-6-13(7-9-14)18(24)22-20(26)23-19-16(10-21)15-4-3-5-17(15)27-19/h6-9,12H,3-5,11H2,1-2H3,(H2,22,23,24,26). The third kappa shape index (κ3) is 4.65. The van der Waals surface area contributed by atoms with Crippen LogP contribution in [0, 0.1) is 17.2 Å². The largest absolute Gasteiger partial charge is 0.493 e. The molecule has 2 aromatic rings. The predicted molar refractivity (Wildman–Crippen MR) is 112 cm³/mol. The molecule has 1 heterocycles. The molecular formula is C20H21N3O2S2. The van der Waals surface area contributed by atoms with Gasteiger partial charge in [0.25, 0.3) is 5.91 Å². The van der Waals surface area contributed by atoms with Gasteiger partial charge in [0.05, 0.1) is 12.2 Å². The number of aryl methyl sites for hydroxylation is 1. The fraction of sp³-hybridized carbons (Fsp3) is 0.350. The number of nitriles is 1. The third-order valence-corrected chi connectivity index (χ3v) is 5.60. The lowest BCUT2D eigenvalue weighted by molar-refractivity contribution is 0.0977. The van der Waals surface area contributed by atoms with E-state index >= 15 is 0 Å². The summed E-state index contributed by atoms with van der Waals surface area (Å²) in [4.78, 5) is 13.6. The quantitative estimate of drug-likeness (QED) is 0.735. The van der Waals surface area contributed by atoms with Gasteiger partial charge in [-0.3, -0.25) is 10.1 Å². The second-order valence-electron chi connectivity index (χ2n) is 6.81. The van der Waals surface area contributed by atoms with Crippen molar-refractivity contribution in [2.75, 3.05) is 11.9 Å². The van der Waals surface area contributed by atoms with Crippen LogP contribution < -0.4 is 15.4 Å². The highest BCUT2D eigenvalue weighted by molar-refractivity contribution is 7.80. The molecule has 0 radical (unpaired) electrons. The molecule has 0 bridgehead atoms. The zero-order valence-electron chi connectivity index (χ0n) is 15.3. The normalized spacial score (nSPS) is 12.4. The first-order chi connectivity index (χ1) is 13.0. The SMILES string of the molecule is CC(C)COc1ccc(C(=O)NC(=S)Nc2sc3c(c2C#N)CCC3)cc1. The van der Waals surface area contributed by atoms with E-state index in [-0.39, 0.29) is 11.0 Å². The first-order valence-corrected chi connectivity index (χ1v) is 10.1. The van der Waals surface area contributed by atoms with Crippen LogP contribution in [0.15, 0.2) is 24.3 Å². The number of nitrogens with zero attached hydrogens (tertiary/aromatic N) is 1. The molecule has 1 aromatic heterocycles. The van der Waals surface area contributed by atoms with E-state index < -0.39 is 0 Å². The minimum atomic E-state index is -0.300. The van der Waals surface area contributed by atoms with Crippen LogP contribution in [0.5, 0.6) is 5.75 Å². The molecule has 1 aliphatic carbocycles. The summed E-state index contributed by atoms with van der Waals surface area (Å²) in [5.74, 6) is 0.867. The number of amides is 1. The zero-order chi connectivity index (χ0) is 19.4. The summed E-state index contributed by atoms with van der Waals surface area (Å²) >= 11 is 6.80. The number of anilines is 1. The number of carbonyl (C=O) groups is 1. The van der Waals surface area contributed by atoms with Gasteiger partial charge in [0.15, 0.2) is 5.11 Å². The zero-order valence-corrected chi connectivity index (χ0v) is 16.9. The van der Waals surface area contributed by atoms with Crippen molar-refractivity contribution in [3.8, 4) is 11.8 Å². The number of rotatable bonds is 5. The summed E-state index contributed by atoms with van der Waals surface area (Å²) in [6.07, 6.45) is 3.02. The van der Waals surface area contributed by atoms with E-state index in [4.69, 9.17) is 17.0 Å². The Morgan fingerprint density at radius 2 is 2.07 bits per heavy atom. The van der Waals surface area contributed by atoms with Gasteiger partial charge in [-0.15, -0.1) is 11.3 Å². The molecule has 27 heavy (non-hydrogen) atoms. The van der Waals surface area contributed by atoms with Crippen LogP contribution >= 0.6 is 23.6 Å². The fourth-order valence-corrected chi connectivity index (χ4v) is 4.39. The average Bonchev–Trinajstić information content (AvgIpc) is 3.20. The van der Waals surface area contributed by atoms with Crippen molar-refractivity contribution in [1.29, 1.82) is 5.26 Å². The van der Waals surface area contributed by atoms with Gasteiger partial charge >= 0.3 is 0 Å². The molecule has 0 atom stereocenters. The van der Waals surface area contributed by atoms with E-state index in [1.807, 2.05) is 0 Å². The van der Waals surface area contributed by atoms with E-state index in [0.29, 0.717) is 28.7 Å². The summed E-state index contributed by atoms with van der Waals surface area (Å²) < 4.78 is 5.62. The smallest absolute Gasteiger partial charge is 0.257 e. The Bertz CT molecular complexity index is 895. The lowest BCUT2D eigenvalue weighted by Gasteiger charge is -2.10. The van der Waals surface area contributed by atoms with Crippen molar-refractivity contribution in [3.63, 3.8) is 0 Å². The van der Waals surface area contributed by atoms with Crippen molar-refractivity contribution in [2.24, 2.45) is 5.92 Å². The van der Waals surface area contributed by atoms with Crippen molar-refractivity contribution in [3.05, 3.63) is 45.8 Å². The number of fused-ring (bicyclic) bond motifs is 1. The highest BCUT2D eigenvalue weighted by Crippen LogP contribution is 2.38. The average molecular weight is 400 g/mol. The molecule has 2 N–H and O–H groups in total. The van der Waals surface area contributed by atoms with E-state index in [2.05, 4.69) is 30.6 Å². The molecule has 0 aliphatic heterocycles. The topological polar surface area (TPSA) is 74.2 Å². The van der Waals surface area contributed by atoms with Gasteiger partial charge in [0, 0.05) is 10.4 Å². The fourth-order valence-electron chi connectivity index (χ4n) is 2.89. The first-order valence-electron chi connectivity index (χ1n) is 8.87. The van der Waals surface area contributed by atoms with Gasteiger partial charge < -0.3 is 10.1 Å². The predicted octanol–water partition coefficient (Wildman–Crippen LogP) is 4.27. The maximum absolute atomic E-state index is 12.4. The first kappa shape index (κ1) is 19.3. The molecule has 1 aliphatic rings. The lowest BCUT2D eigenvalue weighted by atomic mass is 10.1. The number of benzene rings is 1. The van der Waals surface area contributed by atoms with Gasteiger partial charge in [0.2, 0.25) is 0 Å². The van der Waals surface area contributed by atoms with Gasteiger partial charge in [-0.25, -0.2) is 0 Å². The van der Waals surface area contributed by atoms with Gasteiger partial charge in [-0.1, -0.05) is 13.8 Å². The van der Waals surface area contributed by atoms with Crippen LogP contribution in [0.3, 0.4) is 0 Å². The summed E-state index contributed by atoms with van der Waals surface area (Å²) in [6, 6.07) is 9.20. The molecule has 7 heteroatoms. The molecule has 140 valence electrons. The highest BCUT2D eigenvalue weighted by atomic mass is 32.1. The molecule has 0 unspecified atom stereocenters. The molecule has 5 nitrogen and oxygen atoms in total. The van der Waals surface area contributed by atoms with E-state index in [0.717, 1.165) is 30.6 Å². The summed E-state index contributed by atoms with van der Waals surface area (Å²) in [5.41, 5.74) is 2.26. The third-order valence-electron chi connectivity index (χ3n) is 4.19. The lowest BCUT2D eigenvalue weighted by Crippen LogP contribution is -2.34. The molecule has 3 rings (SSSR count). The second kappa shape index (κ2) is 8.51. The van der Waals surface area contributed by atoms with Crippen LogP contribution in [0.25, 0.3) is 0 Å². The van der Waals surface area contributed by atoms with E-state index in [1.165, 1.54) is 4.88 Å². The Hall–Kier alpha value is -2.43. The summed E-state index contributed by atoms with van der Waals surface area (Å²) in [7, 11) is 0. The van der Waals surface area contributed by atoms with Gasteiger partial charge in [-0.05, 0) is 67.2 Å². The van der Waals surface area contributed by atoms with Crippen molar-refractivity contribution < 1.29 is 9.53 Å². The minimum Gasteiger partial charge on any atom is -0.493 e. The molecule has 0 spiro atoms. The van der Waals surface area contributed by atoms with Crippen LogP contribution in [0.4, 0.5) is 5.00 Å². The summed E-state index contributed by atoms with van der Waals surface area (Å²) in [5, 5.41) is 16.0. The van der Waals surface area contributed by atoms with E-state index in [1.54, 1.807) is 35.6 Å².